The molecule has 6 nitrogen and oxygen atoms in total. The summed E-state index contributed by atoms with van der Waals surface area (Å²) in [6.45, 7) is 15.2. The van der Waals surface area contributed by atoms with E-state index < -0.39 is 0 Å². The summed E-state index contributed by atoms with van der Waals surface area (Å²) >= 11 is 7.57. The Kier molecular flexibility index (Phi) is 8.49. The number of piperazine rings is 1. The predicted molar refractivity (Wildman–Crippen MR) is 114 cm³/mol. The van der Waals surface area contributed by atoms with Crippen LogP contribution in [0.5, 0.6) is 0 Å². The van der Waals surface area contributed by atoms with Crippen molar-refractivity contribution >= 4 is 34.8 Å². The zero-order chi connectivity index (χ0) is 20.7. The van der Waals surface area contributed by atoms with Gasteiger partial charge in [0.25, 0.3) is 11.8 Å². The van der Waals surface area contributed by atoms with E-state index >= 15 is 0 Å². The highest BCUT2D eigenvalue weighted by Crippen LogP contribution is 2.20. The summed E-state index contributed by atoms with van der Waals surface area (Å²) in [6, 6.07) is 3.91. The molecule has 2 rings (SSSR count). The Balaban J connectivity index is 1.79. The molecule has 1 saturated heterocycles. The summed E-state index contributed by atoms with van der Waals surface area (Å²) in [7, 11) is 0. The number of hydrogen-bond acceptors (Lipinski definition) is 3. The molecule has 28 heavy (non-hydrogen) atoms. The fraction of sp³-hybridized carbons (Fsp3) is 0.600. The molecule has 1 aliphatic heterocycles. The molecule has 8 heteroatoms. The standard InChI is InChI=1S/C20H31ClN4O2S/c1-5-8-24(13-16-6-7-17(21)28-16)15-19(27)25-11-9-23(10-12-25)14-18(26)22-20(2,3)4/h5-7H,1,8-15H2,2-4H3,(H,22,26)/p+2. The van der Waals surface area contributed by atoms with E-state index in [1.807, 2.05) is 43.9 Å². The van der Waals surface area contributed by atoms with Crippen LogP contribution in [0.2, 0.25) is 4.34 Å². The van der Waals surface area contributed by atoms with E-state index in [-0.39, 0.29) is 17.4 Å². The van der Waals surface area contributed by atoms with Crippen LogP contribution in [0, 0.1) is 0 Å². The third kappa shape index (κ3) is 7.91. The minimum absolute atomic E-state index is 0.0680. The van der Waals surface area contributed by atoms with E-state index in [1.165, 1.54) is 9.78 Å². The second-order valence-corrected chi connectivity index (χ2v) is 10.2. The Morgan fingerprint density at radius 3 is 2.57 bits per heavy atom. The van der Waals surface area contributed by atoms with Crippen LogP contribution in [0.15, 0.2) is 24.8 Å². The van der Waals surface area contributed by atoms with E-state index in [1.54, 1.807) is 11.3 Å². The van der Waals surface area contributed by atoms with Gasteiger partial charge in [-0.05, 0) is 39.0 Å². The molecule has 1 unspecified atom stereocenters. The smallest absolute Gasteiger partial charge is 0.278 e. The van der Waals surface area contributed by atoms with Crippen LogP contribution in [0.1, 0.15) is 25.6 Å². The number of amides is 2. The Morgan fingerprint density at radius 1 is 1.36 bits per heavy atom. The molecule has 0 bridgehead atoms. The van der Waals surface area contributed by atoms with Gasteiger partial charge in [0.1, 0.15) is 6.54 Å². The summed E-state index contributed by atoms with van der Waals surface area (Å²) < 4.78 is 0.772. The van der Waals surface area contributed by atoms with E-state index in [0.717, 1.165) is 35.4 Å². The molecule has 0 radical (unpaired) electrons. The average Bonchev–Trinajstić information content (AvgIpc) is 2.98. The molecule has 1 fully saturated rings. The van der Waals surface area contributed by atoms with Crippen molar-refractivity contribution in [3.05, 3.63) is 34.0 Å². The third-order valence-electron chi connectivity index (χ3n) is 4.64. The maximum atomic E-state index is 12.8. The number of nitrogens with zero attached hydrogens (tertiary/aromatic N) is 1. The number of carbonyl (C=O) groups is 2. The lowest BCUT2D eigenvalue weighted by atomic mass is 10.1. The van der Waals surface area contributed by atoms with E-state index in [9.17, 15) is 9.59 Å². The fourth-order valence-electron chi connectivity index (χ4n) is 3.37. The first-order valence-corrected chi connectivity index (χ1v) is 11.0. The molecule has 2 amide bonds. The Labute approximate surface area is 177 Å². The van der Waals surface area contributed by atoms with Gasteiger partial charge in [-0.1, -0.05) is 18.2 Å². The summed E-state index contributed by atoms with van der Waals surface area (Å²) in [5.74, 6) is 0.233. The number of thiophene rings is 1. The number of rotatable bonds is 8. The summed E-state index contributed by atoms with van der Waals surface area (Å²) in [4.78, 5) is 30.4. The van der Waals surface area contributed by atoms with Crippen LogP contribution < -0.4 is 15.1 Å². The number of carbonyl (C=O) groups excluding carboxylic acids is 2. The summed E-state index contributed by atoms with van der Waals surface area (Å²) in [5.41, 5.74) is -0.210. The van der Waals surface area contributed by atoms with Gasteiger partial charge in [-0.15, -0.1) is 11.3 Å². The van der Waals surface area contributed by atoms with Crippen molar-refractivity contribution in [1.82, 2.24) is 10.2 Å². The van der Waals surface area contributed by atoms with E-state index in [0.29, 0.717) is 26.2 Å². The first kappa shape index (κ1) is 22.9. The zero-order valence-corrected chi connectivity index (χ0v) is 18.7. The van der Waals surface area contributed by atoms with Crippen molar-refractivity contribution in [3.63, 3.8) is 0 Å². The van der Waals surface area contributed by atoms with Crippen molar-refractivity contribution in [1.29, 1.82) is 0 Å². The first-order chi connectivity index (χ1) is 13.2. The Hall–Kier alpha value is -1.41. The van der Waals surface area contributed by atoms with Gasteiger partial charge in [0.15, 0.2) is 13.1 Å². The minimum atomic E-state index is -0.210. The van der Waals surface area contributed by atoms with Crippen molar-refractivity contribution < 1.29 is 19.4 Å². The van der Waals surface area contributed by atoms with Gasteiger partial charge in [0.2, 0.25) is 0 Å². The van der Waals surface area contributed by atoms with Crippen LogP contribution in [0.4, 0.5) is 0 Å². The lowest BCUT2D eigenvalue weighted by Crippen LogP contribution is -3.16. The molecular formula is C20H33ClN4O2S+2. The van der Waals surface area contributed by atoms with Crippen molar-refractivity contribution in [2.45, 2.75) is 32.9 Å². The fourth-order valence-corrected chi connectivity index (χ4v) is 4.53. The van der Waals surface area contributed by atoms with Gasteiger partial charge < -0.3 is 20.0 Å². The van der Waals surface area contributed by atoms with Crippen LogP contribution in [0.25, 0.3) is 0 Å². The Bertz CT molecular complexity index is 678. The molecular weight excluding hydrogens is 396 g/mol. The minimum Gasteiger partial charge on any atom is -0.347 e. The second-order valence-electron chi connectivity index (χ2n) is 8.41. The molecule has 1 atom stereocenters. The predicted octanol–water partition coefficient (Wildman–Crippen LogP) is -0.386. The monoisotopic (exact) mass is 428 g/mol. The van der Waals surface area contributed by atoms with Gasteiger partial charge in [-0.2, -0.15) is 0 Å². The Morgan fingerprint density at radius 2 is 2.04 bits per heavy atom. The highest BCUT2D eigenvalue weighted by molar-refractivity contribution is 7.16. The number of hydrogen-bond donors (Lipinski definition) is 3. The molecule has 1 aromatic heterocycles. The molecule has 1 aromatic rings. The average molecular weight is 429 g/mol. The van der Waals surface area contributed by atoms with Crippen LogP contribution >= 0.6 is 22.9 Å². The first-order valence-electron chi connectivity index (χ1n) is 9.77. The lowest BCUT2D eigenvalue weighted by molar-refractivity contribution is -0.901. The van der Waals surface area contributed by atoms with Crippen molar-refractivity contribution in [2.24, 2.45) is 0 Å². The maximum Gasteiger partial charge on any atom is 0.278 e. The number of nitrogens with one attached hydrogen (secondary N) is 3. The maximum absolute atomic E-state index is 12.8. The van der Waals surface area contributed by atoms with Crippen molar-refractivity contribution in [2.75, 3.05) is 45.8 Å². The SMILES string of the molecule is C=CC[NH+](CC(=O)N1CC[NH+](CC(=O)NC(C)(C)C)CC1)Cc1ccc(Cl)s1. The number of quaternary nitrogens is 2. The topological polar surface area (TPSA) is 58.3 Å². The highest BCUT2D eigenvalue weighted by atomic mass is 35.5. The molecule has 3 N–H and O–H groups in total. The van der Waals surface area contributed by atoms with Crippen molar-refractivity contribution in [3.8, 4) is 0 Å². The molecule has 0 aromatic carbocycles. The van der Waals surface area contributed by atoms with Crippen LogP contribution in [-0.2, 0) is 16.1 Å². The van der Waals surface area contributed by atoms with Crippen LogP contribution in [0.3, 0.4) is 0 Å². The van der Waals surface area contributed by atoms with Crippen LogP contribution in [-0.4, -0.2) is 68.1 Å². The lowest BCUT2D eigenvalue weighted by Gasteiger charge is -2.33. The summed E-state index contributed by atoms with van der Waals surface area (Å²) in [6.07, 6.45) is 1.85. The largest absolute Gasteiger partial charge is 0.347 e. The molecule has 1 aliphatic rings. The molecule has 0 spiro atoms. The molecule has 0 saturated carbocycles. The van der Waals surface area contributed by atoms with E-state index in [2.05, 4.69) is 11.9 Å². The molecule has 0 aliphatic carbocycles. The van der Waals surface area contributed by atoms with Gasteiger partial charge in [0, 0.05) is 5.54 Å². The van der Waals surface area contributed by atoms with Gasteiger partial charge >= 0.3 is 0 Å². The van der Waals surface area contributed by atoms with Gasteiger partial charge in [-0.3, -0.25) is 9.59 Å². The van der Waals surface area contributed by atoms with Gasteiger partial charge in [0.05, 0.1) is 41.9 Å². The third-order valence-corrected chi connectivity index (χ3v) is 5.87. The number of halogens is 1. The van der Waals surface area contributed by atoms with E-state index in [4.69, 9.17) is 11.6 Å². The summed E-state index contributed by atoms with van der Waals surface area (Å²) in [5, 5.41) is 3.00. The molecule has 2 heterocycles. The van der Waals surface area contributed by atoms with Gasteiger partial charge in [-0.25, -0.2) is 0 Å². The quantitative estimate of drug-likeness (QED) is 0.494. The highest BCUT2D eigenvalue weighted by Gasteiger charge is 2.28. The normalized spacial score (nSPS) is 16.6. The molecule has 156 valence electrons. The second kappa shape index (κ2) is 10.4. The zero-order valence-electron chi connectivity index (χ0n) is 17.1.